The number of esters is 1. The Kier molecular flexibility index (Phi) is 7.41. The minimum Gasteiger partial charge on any atom is -0.494 e. The first kappa shape index (κ1) is 25.9. The van der Waals surface area contributed by atoms with Gasteiger partial charge >= 0.3 is 5.97 Å². The third-order valence-electron chi connectivity index (χ3n) is 6.71. The van der Waals surface area contributed by atoms with Gasteiger partial charge in [0.1, 0.15) is 18.5 Å². The molecule has 0 amide bonds. The number of sulfonamides is 1. The van der Waals surface area contributed by atoms with Crippen LogP contribution < -0.4 is 0 Å². The maximum absolute atomic E-state index is 13.8. The SMILES string of the molecule is Cc1ccc(S(=O)(=O)N2CCCCC2C(OCC2=NC=COC2)C2(C(=O)OC(C)(C)C)CC2)cc1. The number of aryl methyl sites for hydroxylation is 1. The Hall–Kier alpha value is -2.23. The Morgan fingerprint density at radius 3 is 2.54 bits per heavy atom. The zero-order chi connectivity index (χ0) is 25.3. The van der Waals surface area contributed by atoms with E-state index in [1.165, 1.54) is 6.26 Å². The fourth-order valence-electron chi connectivity index (χ4n) is 4.76. The summed E-state index contributed by atoms with van der Waals surface area (Å²) >= 11 is 0. The van der Waals surface area contributed by atoms with E-state index < -0.39 is 33.2 Å². The van der Waals surface area contributed by atoms with Crippen molar-refractivity contribution in [1.29, 1.82) is 0 Å². The number of benzene rings is 1. The first-order chi connectivity index (χ1) is 16.5. The number of hydrogen-bond acceptors (Lipinski definition) is 7. The summed E-state index contributed by atoms with van der Waals surface area (Å²) in [4.78, 5) is 18.0. The van der Waals surface area contributed by atoms with Crippen LogP contribution in [0.3, 0.4) is 0 Å². The van der Waals surface area contributed by atoms with Crippen LogP contribution in [0, 0.1) is 12.3 Å². The van der Waals surface area contributed by atoms with Crippen molar-refractivity contribution in [3.63, 3.8) is 0 Å². The third kappa shape index (κ3) is 5.78. The number of aliphatic imine (C=N–C) groups is 1. The van der Waals surface area contributed by atoms with Crippen molar-refractivity contribution in [2.45, 2.75) is 82.4 Å². The number of carbonyl (C=O) groups excluding carboxylic acids is 1. The van der Waals surface area contributed by atoms with Crippen LogP contribution in [0.1, 0.15) is 58.4 Å². The minimum atomic E-state index is -3.77. The number of piperidine rings is 1. The van der Waals surface area contributed by atoms with Gasteiger partial charge in [0.05, 0.1) is 41.0 Å². The highest BCUT2D eigenvalue weighted by molar-refractivity contribution is 7.89. The van der Waals surface area contributed by atoms with Crippen molar-refractivity contribution in [3.05, 3.63) is 42.3 Å². The van der Waals surface area contributed by atoms with Gasteiger partial charge in [-0.05, 0) is 65.5 Å². The molecule has 0 spiro atoms. The summed E-state index contributed by atoms with van der Waals surface area (Å²) in [6, 6.07) is 6.42. The second-order valence-electron chi connectivity index (χ2n) is 10.7. The number of hydrogen-bond donors (Lipinski definition) is 0. The fourth-order valence-corrected chi connectivity index (χ4v) is 6.45. The topological polar surface area (TPSA) is 94.5 Å². The zero-order valence-corrected chi connectivity index (χ0v) is 21.8. The summed E-state index contributed by atoms with van der Waals surface area (Å²) in [5.41, 5.74) is 0.166. The van der Waals surface area contributed by atoms with Crippen LogP contribution in [0.15, 0.2) is 46.6 Å². The van der Waals surface area contributed by atoms with Gasteiger partial charge in [-0.3, -0.25) is 9.79 Å². The molecule has 0 radical (unpaired) electrons. The van der Waals surface area contributed by atoms with Crippen LogP contribution >= 0.6 is 0 Å². The monoisotopic (exact) mass is 504 g/mol. The summed E-state index contributed by atoms with van der Waals surface area (Å²) < 4.78 is 46.6. The summed E-state index contributed by atoms with van der Waals surface area (Å²) in [6.07, 6.45) is 5.87. The van der Waals surface area contributed by atoms with E-state index in [-0.39, 0.29) is 17.5 Å². The Morgan fingerprint density at radius 1 is 1.23 bits per heavy atom. The molecule has 8 nitrogen and oxygen atoms in total. The Bertz CT molecular complexity index is 1080. The molecule has 1 aromatic carbocycles. The Labute approximate surface area is 208 Å². The van der Waals surface area contributed by atoms with Gasteiger partial charge in [-0.1, -0.05) is 24.1 Å². The maximum Gasteiger partial charge on any atom is 0.315 e. The lowest BCUT2D eigenvalue weighted by molar-refractivity contribution is -0.170. The second kappa shape index (κ2) is 10.0. The molecule has 1 saturated carbocycles. The Balaban J connectivity index is 1.67. The van der Waals surface area contributed by atoms with Crippen LogP contribution in [-0.2, 0) is 29.0 Å². The summed E-state index contributed by atoms with van der Waals surface area (Å²) in [7, 11) is -3.77. The molecule has 35 heavy (non-hydrogen) atoms. The molecule has 192 valence electrons. The molecule has 9 heteroatoms. The number of nitrogens with zero attached hydrogens (tertiary/aromatic N) is 2. The molecular weight excluding hydrogens is 468 g/mol. The standard InChI is InChI=1S/C26H36N2O6S/c1-19-8-10-21(11-9-19)35(30,31)28-15-6-5-7-22(28)23(33-18-20-17-32-16-14-27-20)26(12-13-26)24(29)34-25(2,3)4/h8-11,14,16,22-23H,5-7,12-13,15,17-18H2,1-4H3. The van der Waals surface area contributed by atoms with Crippen molar-refractivity contribution >= 4 is 21.7 Å². The number of carbonyl (C=O) groups is 1. The molecule has 1 aromatic rings. The smallest absolute Gasteiger partial charge is 0.315 e. The van der Waals surface area contributed by atoms with Gasteiger partial charge in [-0.15, -0.1) is 0 Å². The van der Waals surface area contributed by atoms with Crippen molar-refractivity contribution in [3.8, 4) is 0 Å². The highest BCUT2D eigenvalue weighted by Gasteiger charge is 2.62. The molecule has 2 aliphatic heterocycles. The molecule has 4 rings (SSSR count). The molecule has 1 aliphatic carbocycles. The maximum atomic E-state index is 13.8. The summed E-state index contributed by atoms with van der Waals surface area (Å²) in [5.74, 6) is -0.324. The third-order valence-corrected chi connectivity index (χ3v) is 8.65. The zero-order valence-electron chi connectivity index (χ0n) is 21.0. The quantitative estimate of drug-likeness (QED) is 0.497. The van der Waals surface area contributed by atoms with E-state index in [1.54, 1.807) is 34.8 Å². The average Bonchev–Trinajstić information content (AvgIpc) is 3.61. The first-order valence-corrected chi connectivity index (χ1v) is 13.7. The molecule has 0 aromatic heterocycles. The van der Waals surface area contributed by atoms with E-state index in [9.17, 15) is 13.2 Å². The van der Waals surface area contributed by atoms with Gasteiger partial charge in [-0.2, -0.15) is 4.31 Å². The van der Waals surface area contributed by atoms with Gasteiger partial charge in [0.15, 0.2) is 0 Å². The molecule has 2 atom stereocenters. The van der Waals surface area contributed by atoms with Crippen molar-refractivity contribution < 1.29 is 27.4 Å². The van der Waals surface area contributed by atoms with Gasteiger partial charge < -0.3 is 14.2 Å². The van der Waals surface area contributed by atoms with Crippen molar-refractivity contribution in [2.24, 2.45) is 10.4 Å². The fraction of sp³-hybridized carbons (Fsp3) is 0.615. The van der Waals surface area contributed by atoms with Crippen LogP contribution in [0.2, 0.25) is 0 Å². The van der Waals surface area contributed by atoms with E-state index >= 15 is 0 Å². The lowest BCUT2D eigenvalue weighted by Crippen LogP contribution is -2.55. The van der Waals surface area contributed by atoms with Crippen LogP contribution in [0.25, 0.3) is 0 Å². The highest BCUT2D eigenvalue weighted by Crippen LogP contribution is 2.54. The van der Waals surface area contributed by atoms with Crippen LogP contribution in [0.5, 0.6) is 0 Å². The molecule has 2 fully saturated rings. The van der Waals surface area contributed by atoms with E-state index in [1.807, 2.05) is 27.7 Å². The average molecular weight is 505 g/mol. The van der Waals surface area contributed by atoms with Crippen molar-refractivity contribution in [2.75, 3.05) is 19.8 Å². The lowest BCUT2D eigenvalue weighted by Gasteiger charge is -2.42. The highest BCUT2D eigenvalue weighted by atomic mass is 32.2. The summed E-state index contributed by atoms with van der Waals surface area (Å²) in [5, 5.41) is 0. The molecule has 3 aliphatic rings. The lowest BCUT2D eigenvalue weighted by atomic mass is 9.87. The van der Waals surface area contributed by atoms with Gasteiger partial charge in [0.2, 0.25) is 10.0 Å². The van der Waals surface area contributed by atoms with E-state index in [2.05, 4.69) is 4.99 Å². The predicted molar refractivity (Wildman–Crippen MR) is 132 cm³/mol. The number of ether oxygens (including phenoxy) is 3. The number of rotatable bonds is 8. The largest absolute Gasteiger partial charge is 0.494 e. The van der Waals surface area contributed by atoms with Crippen LogP contribution in [0.4, 0.5) is 0 Å². The van der Waals surface area contributed by atoms with Crippen LogP contribution in [-0.4, -0.2) is 61.9 Å². The first-order valence-electron chi connectivity index (χ1n) is 12.3. The molecule has 0 bridgehead atoms. The minimum absolute atomic E-state index is 0.161. The van der Waals surface area contributed by atoms with E-state index in [4.69, 9.17) is 14.2 Å². The van der Waals surface area contributed by atoms with Gasteiger partial charge in [0.25, 0.3) is 0 Å². The second-order valence-corrected chi connectivity index (χ2v) is 12.6. The molecule has 0 N–H and O–H groups in total. The van der Waals surface area contributed by atoms with E-state index in [0.29, 0.717) is 38.1 Å². The van der Waals surface area contributed by atoms with Crippen molar-refractivity contribution in [1.82, 2.24) is 4.31 Å². The van der Waals surface area contributed by atoms with E-state index in [0.717, 1.165) is 18.4 Å². The van der Waals surface area contributed by atoms with Gasteiger partial charge in [-0.25, -0.2) is 8.42 Å². The molecule has 2 unspecified atom stereocenters. The molecular formula is C26H36N2O6S. The molecule has 2 heterocycles. The predicted octanol–water partition coefficient (Wildman–Crippen LogP) is 3.99. The normalized spacial score (nSPS) is 23.2. The summed E-state index contributed by atoms with van der Waals surface area (Å²) in [6.45, 7) is 8.30. The van der Waals surface area contributed by atoms with Gasteiger partial charge in [0, 0.05) is 6.54 Å². The molecule has 1 saturated heterocycles. The Morgan fingerprint density at radius 2 is 1.94 bits per heavy atom.